The van der Waals surface area contributed by atoms with E-state index in [4.69, 9.17) is 17.4 Å². The average molecular weight is 284 g/mol. The van der Waals surface area contributed by atoms with E-state index in [9.17, 15) is 8.78 Å². The van der Waals surface area contributed by atoms with E-state index in [-0.39, 0.29) is 6.04 Å². The molecule has 1 aromatic heterocycles. The second-order valence-corrected chi connectivity index (χ2v) is 4.54. The van der Waals surface area contributed by atoms with Gasteiger partial charge in [-0.15, -0.1) is 0 Å². The Kier molecular flexibility index (Phi) is 4.42. The van der Waals surface area contributed by atoms with Crippen LogP contribution in [0.4, 0.5) is 8.78 Å². The molecule has 1 atom stereocenters. The highest BCUT2D eigenvalue weighted by atomic mass is 35.5. The molecular formula is C13H12ClF2N3. The number of hydrazine groups is 1. The van der Waals surface area contributed by atoms with Crippen LogP contribution in [0.25, 0.3) is 0 Å². The number of benzene rings is 1. The highest BCUT2D eigenvalue weighted by Crippen LogP contribution is 2.19. The van der Waals surface area contributed by atoms with Gasteiger partial charge in [-0.25, -0.2) is 8.78 Å². The molecule has 2 aromatic rings. The van der Waals surface area contributed by atoms with Gasteiger partial charge in [-0.1, -0.05) is 11.6 Å². The van der Waals surface area contributed by atoms with Gasteiger partial charge in [0.25, 0.3) is 0 Å². The monoisotopic (exact) mass is 283 g/mol. The van der Waals surface area contributed by atoms with Gasteiger partial charge >= 0.3 is 0 Å². The number of rotatable bonds is 4. The minimum Gasteiger partial charge on any atom is -0.271 e. The first kappa shape index (κ1) is 13.9. The molecule has 0 radical (unpaired) electrons. The molecule has 3 nitrogen and oxygen atoms in total. The van der Waals surface area contributed by atoms with Crippen LogP contribution >= 0.6 is 11.6 Å². The molecule has 1 heterocycles. The van der Waals surface area contributed by atoms with Crippen molar-refractivity contribution in [1.82, 2.24) is 10.4 Å². The third-order valence-corrected chi connectivity index (χ3v) is 2.89. The van der Waals surface area contributed by atoms with Gasteiger partial charge in [-0.3, -0.25) is 16.3 Å². The maximum Gasteiger partial charge on any atom is 0.126 e. The van der Waals surface area contributed by atoms with Crippen molar-refractivity contribution in [3.63, 3.8) is 0 Å². The van der Waals surface area contributed by atoms with Gasteiger partial charge < -0.3 is 0 Å². The Morgan fingerprint density at radius 3 is 2.42 bits per heavy atom. The molecule has 6 heteroatoms. The molecule has 0 fully saturated rings. The number of halogens is 3. The first-order valence-electron chi connectivity index (χ1n) is 5.61. The van der Waals surface area contributed by atoms with Gasteiger partial charge in [0.05, 0.1) is 16.8 Å². The lowest BCUT2D eigenvalue weighted by atomic mass is 10.0. The number of pyridine rings is 1. The fraction of sp³-hybridized carbons (Fsp3) is 0.154. The molecule has 100 valence electrons. The molecule has 0 amide bonds. The molecule has 0 aliphatic rings. The molecule has 0 saturated carbocycles. The van der Waals surface area contributed by atoms with Crippen LogP contribution in [0.2, 0.25) is 5.02 Å². The lowest BCUT2D eigenvalue weighted by Crippen LogP contribution is -2.30. The molecule has 0 aliphatic carbocycles. The Morgan fingerprint density at radius 2 is 1.89 bits per heavy atom. The fourth-order valence-corrected chi connectivity index (χ4v) is 1.92. The lowest BCUT2D eigenvalue weighted by Gasteiger charge is -2.15. The zero-order valence-corrected chi connectivity index (χ0v) is 10.7. The van der Waals surface area contributed by atoms with E-state index in [1.54, 1.807) is 12.1 Å². The number of nitrogens with one attached hydrogen (secondary N) is 1. The van der Waals surface area contributed by atoms with Crippen molar-refractivity contribution in [2.45, 2.75) is 12.5 Å². The van der Waals surface area contributed by atoms with Crippen LogP contribution in [-0.2, 0) is 6.42 Å². The first-order valence-corrected chi connectivity index (χ1v) is 5.99. The summed E-state index contributed by atoms with van der Waals surface area (Å²) in [5, 5.41) is 0.510. The summed E-state index contributed by atoms with van der Waals surface area (Å²) in [6, 6.07) is 6.41. The van der Waals surface area contributed by atoms with Gasteiger partial charge in [0, 0.05) is 12.3 Å². The van der Waals surface area contributed by atoms with E-state index in [1.165, 1.54) is 18.3 Å². The van der Waals surface area contributed by atoms with E-state index >= 15 is 0 Å². The Morgan fingerprint density at radius 1 is 1.21 bits per heavy atom. The smallest absolute Gasteiger partial charge is 0.126 e. The summed E-state index contributed by atoms with van der Waals surface area (Å²) in [7, 11) is 0. The molecule has 0 bridgehead atoms. The second-order valence-electron chi connectivity index (χ2n) is 4.10. The van der Waals surface area contributed by atoms with Crippen molar-refractivity contribution < 1.29 is 8.78 Å². The Bertz CT molecular complexity index is 540. The molecule has 2 rings (SSSR count). The minimum atomic E-state index is -0.616. The summed E-state index contributed by atoms with van der Waals surface area (Å²) in [5.41, 5.74) is 3.72. The normalized spacial score (nSPS) is 12.4. The van der Waals surface area contributed by atoms with Crippen molar-refractivity contribution in [1.29, 1.82) is 0 Å². The largest absolute Gasteiger partial charge is 0.271 e. The predicted molar refractivity (Wildman–Crippen MR) is 69.4 cm³/mol. The molecule has 0 aliphatic heterocycles. The molecule has 0 saturated heterocycles. The van der Waals surface area contributed by atoms with E-state index in [1.807, 2.05) is 0 Å². The quantitative estimate of drug-likeness (QED) is 0.670. The number of nitrogens with zero attached hydrogens (tertiary/aromatic N) is 1. The van der Waals surface area contributed by atoms with Crippen LogP contribution in [0.5, 0.6) is 0 Å². The highest BCUT2D eigenvalue weighted by Gasteiger charge is 2.13. The SMILES string of the molecule is NNC(Cc1cc(F)cc(F)c1)c1ccc(Cl)cn1. The summed E-state index contributed by atoms with van der Waals surface area (Å²) >= 11 is 5.75. The van der Waals surface area contributed by atoms with Gasteiger partial charge in [-0.2, -0.15) is 0 Å². The van der Waals surface area contributed by atoms with Gasteiger partial charge in [0.1, 0.15) is 11.6 Å². The van der Waals surface area contributed by atoms with Crippen LogP contribution in [0.3, 0.4) is 0 Å². The summed E-state index contributed by atoms with van der Waals surface area (Å²) in [6.45, 7) is 0. The summed E-state index contributed by atoms with van der Waals surface area (Å²) in [6.07, 6.45) is 1.81. The van der Waals surface area contributed by atoms with E-state index in [2.05, 4.69) is 10.4 Å². The zero-order chi connectivity index (χ0) is 13.8. The lowest BCUT2D eigenvalue weighted by molar-refractivity contribution is 0.529. The number of nitrogens with two attached hydrogens (primary N) is 1. The van der Waals surface area contributed by atoms with Crippen molar-refractivity contribution in [2.75, 3.05) is 0 Å². The maximum atomic E-state index is 13.1. The van der Waals surface area contributed by atoms with E-state index in [0.717, 1.165) is 6.07 Å². The van der Waals surface area contributed by atoms with E-state index < -0.39 is 11.6 Å². The number of aromatic nitrogens is 1. The number of hydrogen-bond acceptors (Lipinski definition) is 3. The molecular weight excluding hydrogens is 272 g/mol. The van der Waals surface area contributed by atoms with E-state index in [0.29, 0.717) is 22.7 Å². The Hall–Kier alpha value is -1.56. The minimum absolute atomic E-state index is 0.319. The molecule has 19 heavy (non-hydrogen) atoms. The van der Waals surface area contributed by atoms with Gasteiger partial charge in [0.15, 0.2) is 0 Å². The van der Waals surface area contributed by atoms with Gasteiger partial charge in [-0.05, 0) is 36.2 Å². The third-order valence-electron chi connectivity index (χ3n) is 2.67. The van der Waals surface area contributed by atoms with Crippen molar-refractivity contribution >= 4 is 11.6 Å². The van der Waals surface area contributed by atoms with Crippen molar-refractivity contribution in [3.05, 3.63) is 64.4 Å². The standard InChI is InChI=1S/C13H12ClF2N3/c14-9-1-2-12(18-7-9)13(19-17)5-8-3-10(15)6-11(16)4-8/h1-4,6-7,13,19H,5,17H2. The second kappa shape index (κ2) is 6.06. The molecule has 1 unspecified atom stereocenters. The summed E-state index contributed by atoms with van der Waals surface area (Å²) in [5.74, 6) is 4.22. The number of hydrogen-bond donors (Lipinski definition) is 2. The van der Waals surface area contributed by atoms with Gasteiger partial charge in [0.2, 0.25) is 0 Å². The van der Waals surface area contributed by atoms with Crippen LogP contribution < -0.4 is 11.3 Å². The van der Waals surface area contributed by atoms with Crippen LogP contribution in [0.15, 0.2) is 36.5 Å². The summed E-state index contributed by atoms with van der Waals surface area (Å²) < 4.78 is 26.2. The zero-order valence-electron chi connectivity index (χ0n) is 9.91. The van der Waals surface area contributed by atoms with Crippen LogP contribution in [-0.4, -0.2) is 4.98 Å². The van der Waals surface area contributed by atoms with Crippen molar-refractivity contribution in [2.24, 2.45) is 5.84 Å². The average Bonchev–Trinajstić information content (AvgIpc) is 2.36. The first-order chi connectivity index (χ1) is 9.08. The molecule has 0 spiro atoms. The highest BCUT2D eigenvalue weighted by molar-refractivity contribution is 6.30. The Labute approximate surface area is 114 Å². The molecule has 3 N–H and O–H groups in total. The van der Waals surface area contributed by atoms with Crippen LogP contribution in [0.1, 0.15) is 17.3 Å². The maximum absolute atomic E-state index is 13.1. The predicted octanol–water partition coefficient (Wildman–Crippen LogP) is 2.76. The Balaban J connectivity index is 2.21. The third kappa shape index (κ3) is 3.70. The topological polar surface area (TPSA) is 50.9 Å². The van der Waals surface area contributed by atoms with Crippen molar-refractivity contribution in [3.8, 4) is 0 Å². The van der Waals surface area contributed by atoms with Crippen LogP contribution in [0, 0.1) is 11.6 Å². The molecule has 1 aromatic carbocycles. The fourth-order valence-electron chi connectivity index (χ4n) is 1.81. The summed E-state index contributed by atoms with van der Waals surface area (Å²) in [4.78, 5) is 4.13.